The zero-order valence-electron chi connectivity index (χ0n) is 11.9. The number of carbonyl (C=O) groups is 1. The van der Waals surface area contributed by atoms with E-state index >= 15 is 0 Å². The second kappa shape index (κ2) is 4.37. The lowest BCUT2D eigenvalue weighted by Gasteiger charge is -2.37. The molecule has 3 heteroatoms. The first-order valence-corrected chi connectivity index (χ1v) is 7.65. The summed E-state index contributed by atoms with van der Waals surface area (Å²) in [5, 5.41) is 1.34. The Morgan fingerprint density at radius 3 is 3.00 bits per heavy atom. The predicted molar refractivity (Wildman–Crippen MR) is 79.5 cm³/mol. The third-order valence-corrected chi connectivity index (χ3v) is 4.96. The first-order valence-electron chi connectivity index (χ1n) is 7.65. The minimum atomic E-state index is 0.192. The molecule has 0 unspecified atom stereocenters. The van der Waals surface area contributed by atoms with Gasteiger partial charge in [0.2, 0.25) is 5.91 Å². The van der Waals surface area contributed by atoms with Crippen LogP contribution in [0.3, 0.4) is 0 Å². The van der Waals surface area contributed by atoms with Crippen LogP contribution in [0.2, 0.25) is 0 Å². The van der Waals surface area contributed by atoms with Gasteiger partial charge in [0, 0.05) is 29.1 Å². The Labute approximate surface area is 119 Å². The van der Waals surface area contributed by atoms with Gasteiger partial charge in [-0.3, -0.25) is 4.79 Å². The number of aromatic amines is 1. The molecule has 2 aliphatic rings. The van der Waals surface area contributed by atoms with E-state index in [9.17, 15) is 4.79 Å². The Hall–Kier alpha value is -1.77. The summed E-state index contributed by atoms with van der Waals surface area (Å²) in [6.45, 7) is 2.97. The molecule has 0 spiro atoms. The standard InChI is InChI=1S/C17H20N2O/c1-11-8-9-15-16-13(6-4-10-19(15)17(11)20)12-5-2-3-7-14(12)18-16/h2-3,5,7,11,15,18H,4,6,8-10H2,1H3/t11-,15+/m1/s1. The molecule has 1 aromatic carbocycles. The number of nitrogens with one attached hydrogen (secondary N) is 1. The zero-order valence-corrected chi connectivity index (χ0v) is 11.9. The van der Waals surface area contributed by atoms with E-state index in [1.165, 1.54) is 22.2 Å². The Morgan fingerprint density at radius 1 is 1.25 bits per heavy atom. The lowest BCUT2D eigenvalue weighted by molar-refractivity contribution is -0.141. The van der Waals surface area contributed by atoms with Crippen molar-refractivity contribution in [2.24, 2.45) is 5.92 Å². The van der Waals surface area contributed by atoms with Gasteiger partial charge in [0.05, 0.1) is 6.04 Å². The summed E-state index contributed by atoms with van der Waals surface area (Å²) in [6.07, 6.45) is 4.25. The van der Waals surface area contributed by atoms with E-state index in [4.69, 9.17) is 0 Å². The second-order valence-corrected chi connectivity index (χ2v) is 6.19. The Bertz CT molecular complexity index is 673. The van der Waals surface area contributed by atoms with Crippen LogP contribution in [0.25, 0.3) is 10.9 Å². The number of H-pyrrole nitrogens is 1. The number of para-hydroxylation sites is 1. The third kappa shape index (κ3) is 1.62. The van der Waals surface area contributed by atoms with Crippen molar-refractivity contribution < 1.29 is 4.79 Å². The summed E-state index contributed by atoms with van der Waals surface area (Å²) < 4.78 is 0. The summed E-state index contributed by atoms with van der Waals surface area (Å²) in [5.41, 5.74) is 3.95. The first-order chi connectivity index (χ1) is 9.75. The van der Waals surface area contributed by atoms with E-state index in [2.05, 4.69) is 41.1 Å². The molecular formula is C17H20N2O. The molecule has 3 heterocycles. The molecule has 104 valence electrons. The van der Waals surface area contributed by atoms with Gasteiger partial charge in [-0.25, -0.2) is 0 Å². The zero-order chi connectivity index (χ0) is 13.7. The monoisotopic (exact) mass is 268 g/mol. The fourth-order valence-corrected chi connectivity index (χ4v) is 3.89. The average Bonchev–Trinajstić information content (AvgIpc) is 2.72. The quantitative estimate of drug-likeness (QED) is 0.781. The number of benzene rings is 1. The molecular weight excluding hydrogens is 248 g/mol. The molecule has 1 N–H and O–H groups in total. The molecule has 1 saturated heterocycles. The van der Waals surface area contributed by atoms with Crippen LogP contribution in [0.1, 0.15) is 43.5 Å². The molecule has 0 saturated carbocycles. The number of carbonyl (C=O) groups excluding carboxylic acids is 1. The van der Waals surface area contributed by atoms with Crippen LogP contribution >= 0.6 is 0 Å². The maximum Gasteiger partial charge on any atom is 0.225 e. The Balaban J connectivity index is 1.86. The molecule has 4 rings (SSSR count). The van der Waals surface area contributed by atoms with Crippen molar-refractivity contribution in [1.29, 1.82) is 0 Å². The van der Waals surface area contributed by atoms with Gasteiger partial charge in [-0.05, 0) is 37.3 Å². The van der Waals surface area contributed by atoms with Crippen LogP contribution in [0.4, 0.5) is 0 Å². The molecule has 0 bridgehead atoms. The predicted octanol–water partition coefficient (Wildman–Crippen LogP) is 3.41. The van der Waals surface area contributed by atoms with Crippen molar-refractivity contribution >= 4 is 16.8 Å². The highest BCUT2D eigenvalue weighted by Crippen LogP contribution is 2.40. The molecule has 0 aliphatic carbocycles. The lowest BCUT2D eigenvalue weighted by atomic mass is 9.91. The average molecular weight is 268 g/mol. The van der Waals surface area contributed by atoms with Crippen LogP contribution < -0.4 is 0 Å². The number of aromatic nitrogens is 1. The van der Waals surface area contributed by atoms with E-state index in [1.54, 1.807) is 0 Å². The van der Waals surface area contributed by atoms with E-state index in [-0.39, 0.29) is 12.0 Å². The number of aryl methyl sites for hydroxylation is 1. The van der Waals surface area contributed by atoms with Crippen molar-refractivity contribution in [1.82, 2.24) is 9.88 Å². The SMILES string of the molecule is C[C@@H]1CC[C@H]2c3[nH]c4ccccc4c3CCCN2C1=O. The first kappa shape index (κ1) is 12.0. The van der Waals surface area contributed by atoms with Crippen LogP contribution in [0.5, 0.6) is 0 Å². The van der Waals surface area contributed by atoms with Crippen LogP contribution in [-0.4, -0.2) is 22.3 Å². The summed E-state index contributed by atoms with van der Waals surface area (Å²) in [7, 11) is 0. The minimum Gasteiger partial charge on any atom is -0.356 e. The molecule has 0 radical (unpaired) electrons. The summed E-state index contributed by atoms with van der Waals surface area (Å²) >= 11 is 0. The Morgan fingerprint density at radius 2 is 2.10 bits per heavy atom. The van der Waals surface area contributed by atoms with Crippen molar-refractivity contribution in [2.75, 3.05) is 6.54 Å². The number of hydrogen-bond donors (Lipinski definition) is 1. The molecule has 2 atom stereocenters. The fraction of sp³-hybridized carbons (Fsp3) is 0.471. The number of amides is 1. The van der Waals surface area contributed by atoms with Crippen molar-refractivity contribution in [3.8, 4) is 0 Å². The van der Waals surface area contributed by atoms with Crippen LogP contribution in [0, 0.1) is 5.92 Å². The van der Waals surface area contributed by atoms with E-state index in [1.807, 2.05) is 0 Å². The van der Waals surface area contributed by atoms with Gasteiger partial charge in [0.1, 0.15) is 0 Å². The molecule has 1 fully saturated rings. The molecule has 1 aromatic heterocycles. The number of nitrogens with zero attached hydrogens (tertiary/aromatic N) is 1. The topological polar surface area (TPSA) is 36.1 Å². The maximum absolute atomic E-state index is 12.4. The summed E-state index contributed by atoms with van der Waals surface area (Å²) in [4.78, 5) is 18.2. The third-order valence-electron chi connectivity index (χ3n) is 4.96. The fourth-order valence-electron chi connectivity index (χ4n) is 3.89. The molecule has 2 aliphatic heterocycles. The number of fused-ring (bicyclic) bond motifs is 5. The van der Waals surface area contributed by atoms with Gasteiger partial charge in [-0.2, -0.15) is 0 Å². The summed E-state index contributed by atoms with van der Waals surface area (Å²) in [6, 6.07) is 8.79. The largest absolute Gasteiger partial charge is 0.356 e. The molecule has 3 nitrogen and oxygen atoms in total. The van der Waals surface area contributed by atoms with Crippen molar-refractivity contribution in [3.05, 3.63) is 35.5 Å². The molecule has 20 heavy (non-hydrogen) atoms. The van der Waals surface area contributed by atoms with Gasteiger partial charge < -0.3 is 9.88 Å². The van der Waals surface area contributed by atoms with Gasteiger partial charge in [-0.15, -0.1) is 0 Å². The van der Waals surface area contributed by atoms with Gasteiger partial charge in [0.25, 0.3) is 0 Å². The van der Waals surface area contributed by atoms with Crippen molar-refractivity contribution in [2.45, 2.75) is 38.6 Å². The minimum absolute atomic E-state index is 0.192. The van der Waals surface area contributed by atoms with E-state index < -0.39 is 0 Å². The lowest BCUT2D eigenvalue weighted by Crippen LogP contribution is -2.42. The van der Waals surface area contributed by atoms with Crippen LogP contribution in [-0.2, 0) is 11.2 Å². The van der Waals surface area contributed by atoms with Gasteiger partial charge in [0.15, 0.2) is 0 Å². The Kier molecular flexibility index (Phi) is 2.62. The van der Waals surface area contributed by atoms with E-state index in [0.717, 1.165) is 32.2 Å². The molecule has 2 aromatic rings. The molecule has 1 amide bonds. The highest BCUT2D eigenvalue weighted by molar-refractivity contribution is 5.86. The van der Waals surface area contributed by atoms with Gasteiger partial charge in [-0.1, -0.05) is 25.1 Å². The highest BCUT2D eigenvalue weighted by atomic mass is 16.2. The normalized spacial score (nSPS) is 26.2. The van der Waals surface area contributed by atoms with E-state index in [0.29, 0.717) is 5.91 Å². The smallest absolute Gasteiger partial charge is 0.225 e. The number of hydrogen-bond acceptors (Lipinski definition) is 1. The maximum atomic E-state index is 12.4. The summed E-state index contributed by atoms with van der Waals surface area (Å²) in [5.74, 6) is 0.532. The van der Waals surface area contributed by atoms with Crippen LogP contribution in [0.15, 0.2) is 24.3 Å². The van der Waals surface area contributed by atoms with Crippen molar-refractivity contribution in [3.63, 3.8) is 0 Å². The number of piperidine rings is 1. The second-order valence-electron chi connectivity index (χ2n) is 6.19. The highest BCUT2D eigenvalue weighted by Gasteiger charge is 2.37. The van der Waals surface area contributed by atoms with Gasteiger partial charge >= 0.3 is 0 Å². The number of rotatable bonds is 0.